The quantitative estimate of drug-likeness (QED) is 0.752. The Hall–Kier alpha value is -1.33. The van der Waals surface area contributed by atoms with E-state index in [2.05, 4.69) is 5.10 Å². The fourth-order valence-corrected chi connectivity index (χ4v) is 0.939. The van der Waals surface area contributed by atoms with Gasteiger partial charge in [0.25, 0.3) is 0 Å². The number of carbonyl (C=O) groups excluding carboxylic acids is 1. The molecule has 0 saturated carbocycles. The van der Waals surface area contributed by atoms with E-state index in [1.807, 2.05) is 6.92 Å². The van der Waals surface area contributed by atoms with Crippen LogP contribution in [0, 0.1) is 0 Å². The Morgan fingerprint density at radius 1 is 1.57 bits per heavy atom. The van der Waals surface area contributed by atoms with Gasteiger partial charge in [0.15, 0.2) is 0 Å². The van der Waals surface area contributed by atoms with Crippen LogP contribution in [0.25, 0.3) is 0 Å². The number of rotatable bonds is 3. The summed E-state index contributed by atoms with van der Waals surface area (Å²) in [7, 11) is 0. The molecule has 0 aliphatic carbocycles. The van der Waals surface area contributed by atoms with E-state index < -0.39 is 18.4 Å². The SMILES string of the molecule is CCn1ccc(CC(=O)C(F)(F)F)n1. The molecule has 0 fully saturated rings. The van der Waals surface area contributed by atoms with Gasteiger partial charge in [-0.25, -0.2) is 0 Å². The van der Waals surface area contributed by atoms with Crippen molar-refractivity contribution in [3.05, 3.63) is 18.0 Å². The minimum Gasteiger partial charge on any atom is -0.289 e. The lowest BCUT2D eigenvalue weighted by atomic mass is 10.2. The van der Waals surface area contributed by atoms with Gasteiger partial charge in [0.2, 0.25) is 5.78 Å². The van der Waals surface area contributed by atoms with E-state index in [0.717, 1.165) is 0 Å². The van der Waals surface area contributed by atoms with Gasteiger partial charge in [0, 0.05) is 12.7 Å². The summed E-state index contributed by atoms with van der Waals surface area (Å²) in [5, 5.41) is 3.78. The molecule has 0 atom stereocenters. The molecule has 0 spiro atoms. The smallest absolute Gasteiger partial charge is 0.289 e. The highest BCUT2D eigenvalue weighted by Gasteiger charge is 2.38. The largest absolute Gasteiger partial charge is 0.450 e. The zero-order valence-corrected chi connectivity index (χ0v) is 7.51. The lowest BCUT2D eigenvalue weighted by molar-refractivity contribution is -0.170. The van der Waals surface area contributed by atoms with Crippen molar-refractivity contribution in [1.29, 1.82) is 0 Å². The number of ketones is 1. The van der Waals surface area contributed by atoms with Gasteiger partial charge in [0.1, 0.15) is 0 Å². The summed E-state index contributed by atoms with van der Waals surface area (Å²) in [5.74, 6) is -1.76. The summed E-state index contributed by atoms with van der Waals surface area (Å²) in [4.78, 5) is 10.6. The Bertz CT molecular complexity index is 330. The molecule has 0 saturated heterocycles. The Morgan fingerprint density at radius 2 is 2.21 bits per heavy atom. The van der Waals surface area contributed by atoms with Gasteiger partial charge >= 0.3 is 6.18 Å². The molecule has 1 heterocycles. The van der Waals surface area contributed by atoms with Crippen LogP contribution < -0.4 is 0 Å². The molecule has 0 aliphatic heterocycles. The average molecular weight is 206 g/mol. The van der Waals surface area contributed by atoms with Gasteiger partial charge in [-0.05, 0) is 13.0 Å². The number of alkyl halides is 3. The molecule has 78 valence electrons. The van der Waals surface area contributed by atoms with Crippen LogP contribution in [0.15, 0.2) is 12.3 Å². The molecular weight excluding hydrogens is 197 g/mol. The zero-order valence-electron chi connectivity index (χ0n) is 7.51. The number of Topliss-reactive ketones (excluding diaryl/α,β-unsaturated/α-hetero) is 1. The van der Waals surface area contributed by atoms with Gasteiger partial charge in [-0.2, -0.15) is 18.3 Å². The summed E-state index contributed by atoms with van der Waals surface area (Å²) in [5.41, 5.74) is 0.147. The van der Waals surface area contributed by atoms with Gasteiger partial charge in [-0.1, -0.05) is 0 Å². The monoisotopic (exact) mass is 206 g/mol. The Kier molecular flexibility index (Phi) is 2.93. The number of aryl methyl sites for hydroxylation is 1. The minimum absolute atomic E-state index is 0.147. The van der Waals surface area contributed by atoms with Crippen LogP contribution in [0.3, 0.4) is 0 Å². The van der Waals surface area contributed by atoms with Crippen LogP contribution >= 0.6 is 0 Å². The Morgan fingerprint density at radius 3 is 2.64 bits per heavy atom. The van der Waals surface area contributed by atoms with E-state index in [1.165, 1.54) is 10.7 Å². The molecule has 0 radical (unpaired) electrons. The highest BCUT2D eigenvalue weighted by atomic mass is 19.4. The maximum Gasteiger partial charge on any atom is 0.450 e. The first-order valence-electron chi connectivity index (χ1n) is 4.06. The molecule has 0 unspecified atom stereocenters. The standard InChI is InChI=1S/C8H9F3N2O/c1-2-13-4-3-6(12-13)5-7(14)8(9,10)11/h3-4H,2,5H2,1H3. The molecule has 0 N–H and O–H groups in total. The van der Waals surface area contributed by atoms with Crippen LogP contribution in [0.5, 0.6) is 0 Å². The van der Waals surface area contributed by atoms with Crippen LogP contribution in [-0.2, 0) is 17.8 Å². The maximum absolute atomic E-state index is 11.8. The number of hydrogen-bond acceptors (Lipinski definition) is 2. The summed E-state index contributed by atoms with van der Waals surface area (Å²) in [6.45, 7) is 2.38. The molecular formula is C8H9F3N2O. The van der Waals surface area contributed by atoms with Gasteiger partial charge < -0.3 is 0 Å². The number of nitrogens with zero attached hydrogens (tertiary/aromatic N) is 2. The molecule has 0 amide bonds. The fraction of sp³-hybridized carbons (Fsp3) is 0.500. The second-order valence-corrected chi connectivity index (χ2v) is 2.76. The topological polar surface area (TPSA) is 34.9 Å². The molecule has 1 rings (SSSR count). The van der Waals surface area contributed by atoms with Gasteiger partial charge in [-0.15, -0.1) is 0 Å². The van der Waals surface area contributed by atoms with Crippen molar-refractivity contribution in [3.63, 3.8) is 0 Å². The van der Waals surface area contributed by atoms with Crippen LogP contribution in [0.1, 0.15) is 12.6 Å². The van der Waals surface area contributed by atoms with E-state index in [1.54, 1.807) is 6.20 Å². The Balaban J connectivity index is 2.65. The van der Waals surface area contributed by atoms with Crippen LogP contribution in [0.2, 0.25) is 0 Å². The number of hydrogen-bond donors (Lipinski definition) is 0. The summed E-state index contributed by atoms with van der Waals surface area (Å²) < 4.78 is 37.0. The molecule has 0 aliphatic rings. The zero-order chi connectivity index (χ0) is 10.8. The van der Waals surface area contributed by atoms with E-state index in [-0.39, 0.29) is 5.69 Å². The highest BCUT2D eigenvalue weighted by molar-refractivity contribution is 5.85. The number of halogens is 3. The molecule has 1 aromatic heterocycles. The Labute approximate surface area is 78.5 Å². The molecule has 0 aromatic carbocycles. The number of aromatic nitrogens is 2. The second kappa shape index (κ2) is 3.81. The van der Waals surface area contributed by atoms with Gasteiger partial charge in [0.05, 0.1) is 12.1 Å². The van der Waals surface area contributed by atoms with Crippen molar-refractivity contribution < 1.29 is 18.0 Å². The third kappa shape index (κ3) is 2.58. The van der Waals surface area contributed by atoms with Crippen molar-refractivity contribution in [1.82, 2.24) is 9.78 Å². The predicted octanol–water partition coefficient (Wildman–Crippen LogP) is 1.58. The van der Waals surface area contributed by atoms with Crippen molar-refractivity contribution in [2.24, 2.45) is 0 Å². The van der Waals surface area contributed by atoms with E-state index >= 15 is 0 Å². The molecule has 0 bridgehead atoms. The van der Waals surface area contributed by atoms with Crippen LogP contribution in [0.4, 0.5) is 13.2 Å². The first-order chi connectivity index (χ1) is 6.43. The number of carbonyl (C=O) groups is 1. The first kappa shape index (κ1) is 10.7. The average Bonchev–Trinajstić information content (AvgIpc) is 2.50. The van der Waals surface area contributed by atoms with Crippen LogP contribution in [-0.4, -0.2) is 21.7 Å². The fourth-order valence-electron chi connectivity index (χ4n) is 0.939. The van der Waals surface area contributed by atoms with E-state index in [0.29, 0.717) is 6.54 Å². The van der Waals surface area contributed by atoms with E-state index in [9.17, 15) is 18.0 Å². The minimum atomic E-state index is -4.77. The van der Waals surface area contributed by atoms with Crippen molar-refractivity contribution >= 4 is 5.78 Å². The summed E-state index contributed by atoms with van der Waals surface area (Å²) in [6, 6.07) is 1.41. The third-order valence-electron chi connectivity index (χ3n) is 1.68. The normalized spacial score (nSPS) is 11.7. The molecule has 3 nitrogen and oxygen atoms in total. The van der Waals surface area contributed by atoms with Crippen molar-refractivity contribution in [3.8, 4) is 0 Å². The van der Waals surface area contributed by atoms with Crippen molar-refractivity contribution in [2.75, 3.05) is 0 Å². The lowest BCUT2D eigenvalue weighted by Gasteiger charge is -2.02. The van der Waals surface area contributed by atoms with E-state index in [4.69, 9.17) is 0 Å². The highest BCUT2D eigenvalue weighted by Crippen LogP contribution is 2.18. The summed E-state index contributed by atoms with van der Waals surface area (Å²) in [6.07, 6.45) is -3.91. The first-order valence-corrected chi connectivity index (χ1v) is 4.06. The molecule has 14 heavy (non-hydrogen) atoms. The third-order valence-corrected chi connectivity index (χ3v) is 1.68. The van der Waals surface area contributed by atoms with Crippen molar-refractivity contribution in [2.45, 2.75) is 26.1 Å². The van der Waals surface area contributed by atoms with Gasteiger partial charge in [-0.3, -0.25) is 9.48 Å². The maximum atomic E-state index is 11.8. The molecule has 6 heteroatoms. The molecule has 1 aromatic rings. The predicted molar refractivity (Wildman–Crippen MR) is 42.7 cm³/mol. The second-order valence-electron chi connectivity index (χ2n) is 2.76. The summed E-state index contributed by atoms with van der Waals surface area (Å²) >= 11 is 0. The lowest BCUT2D eigenvalue weighted by Crippen LogP contribution is -2.24.